The first-order valence-corrected chi connectivity index (χ1v) is 10.6. The van der Waals surface area contributed by atoms with Crippen LogP contribution in [0.1, 0.15) is 6.42 Å². The van der Waals surface area contributed by atoms with E-state index in [2.05, 4.69) is 53.2 Å². The number of piperazine rings is 1. The number of nitrogens with zero attached hydrogens (tertiary/aromatic N) is 6. The third-order valence-electron chi connectivity index (χ3n) is 5.88. The topological polar surface area (TPSA) is 69.1 Å². The van der Waals surface area contributed by atoms with Crippen LogP contribution in [0.3, 0.4) is 0 Å². The second-order valence-electron chi connectivity index (χ2n) is 7.75. The number of anilines is 2. The summed E-state index contributed by atoms with van der Waals surface area (Å²) < 4.78 is 5.37. The van der Waals surface area contributed by atoms with Gasteiger partial charge in [0.05, 0.1) is 7.11 Å². The first kappa shape index (κ1) is 23.4. The third-order valence-corrected chi connectivity index (χ3v) is 5.88. The van der Waals surface area contributed by atoms with Gasteiger partial charge < -0.3 is 24.8 Å². The fourth-order valence-corrected chi connectivity index (χ4v) is 4.18. The van der Waals surface area contributed by atoms with Gasteiger partial charge >= 0.3 is 0 Å². The highest BCUT2D eigenvalue weighted by Crippen LogP contribution is 2.26. The zero-order valence-electron chi connectivity index (χ0n) is 18.3. The maximum atomic E-state index is 5.37. The molecule has 31 heavy (non-hydrogen) atoms. The van der Waals surface area contributed by atoms with Gasteiger partial charge in [-0.1, -0.05) is 6.07 Å². The van der Waals surface area contributed by atoms with Gasteiger partial charge in [-0.15, -0.1) is 24.0 Å². The summed E-state index contributed by atoms with van der Waals surface area (Å²) in [5.41, 5.74) is 1.24. The van der Waals surface area contributed by atoms with Crippen molar-refractivity contribution in [3.63, 3.8) is 0 Å². The first-order chi connectivity index (χ1) is 14.8. The molecule has 1 unspecified atom stereocenters. The molecule has 1 atom stereocenters. The number of aliphatic imine (C=N–C) groups is 1. The van der Waals surface area contributed by atoms with Crippen LogP contribution in [0, 0.1) is 5.92 Å². The van der Waals surface area contributed by atoms with Crippen molar-refractivity contribution in [1.82, 2.24) is 20.2 Å². The highest BCUT2D eigenvalue weighted by atomic mass is 127. The number of halogens is 1. The van der Waals surface area contributed by atoms with Crippen molar-refractivity contribution in [3.8, 4) is 5.75 Å². The molecule has 168 valence electrons. The normalized spacial score (nSPS) is 19.2. The summed E-state index contributed by atoms with van der Waals surface area (Å²) in [5.74, 6) is 3.31. The van der Waals surface area contributed by atoms with Crippen molar-refractivity contribution in [1.29, 1.82) is 0 Å². The predicted molar refractivity (Wildman–Crippen MR) is 136 cm³/mol. The number of nitrogens with one attached hydrogen (secondary N) is 1. The molecule has 9 heteroatoms. The van der Waals surface area contributed by atoms with Crippen molar-refractivity contribution in [2.24, 2.45) is 10.9 Å². The van der Waals surface area contributed by atoms with Crippen molar-refractivity contribution in [2.75, 3.05) is 69.8 Å². The van der Waals surface area contributed by atoms with Crippen LogP contribution in [0.4, 0.5) is 11.6 Å². The number of guanidine groups is 1. The number of rotatable bonds is 5. The Balaban J connectivity index is 0.00000272. The molecule has 2 aliphatic rings. The van der Waals surface area contributed by atoms with Crippen molar-refractivity contribution < 1.29 is 4.74 Å². The summed E-state index contributed by atoms with van der Waals surface area (Å²) in [5, 5.41) is 3.61. The molecule has 2 fully saturated rings. The van der Waals surface area contributed by atoms with Crippen LogP contribution >= 0.6 is 24.0 Å². The largest absolute Gasteiger partial charge is 0.497 e. The first-order valence-electron chi connectivity index (χ1n) is 10.6. The number of aromatic nitrogens is 2. The minimum absolute atomic E-state index is 0. The predicted octanol–water partition coefficient (Wildman–Crippen LogP) is 2.33. The molecular weight excluding hydrogens is 505 g/mol. The molecule has 2 aromatic rings. The number of hydrogen-bond acceptors (Lipinski definition) is 6. The van der Waals surface area contributed by atoms with E-state index in [9.17, 15) is 0 Å². The van der Waals surface area contributed by atoms with Crippen LogP contribution in [-0.2, 0) is 0 Å². The maximum Gasteiger partial charge on any atom is 0.225 e. The molecule has 4 rings (SSSR count). The fraction of sp³-hybridized carbons (Fsp3) is 0.500. The molecule has 0 saturated carbocycles. The summed E-state index contributed by atoms with van der Waals surface area (Å²) in [6.07, 6.45) is 4.78. The Morgan fingerprint density at radius 2 is 1.87 bits per heavy atom. The lowest BCUT2D eigenvalue weighted by atomic mass is 10.1. The van der Waals surface area contributed by atoms with E-state index in [1.807, 2.05) is 19.2 Å². The van der Waals surface area contributed by atoms with Gasteiger partial charge in [0.15, 0.2) is 5.96 Å². The van der Waals surface area contributed by atoms with Gasteiger partial charge in [-0.25, -0.2) is 9.97 Å². The lowest BCUT2D eigenvalue weighted by Gasteiger charge is -2.36. The van der Waals surface area contributed by atoms with E-state index in [4.69, 9.17) is 4.74 Å². The van der Waals surface area contributed by atoms with E-state index in [0.717, 1.165) is 63.5 Å². The summed E-state index contributed by atoms with van der Waals surface area (Å²) in [4.78, 5) is 20.2. The van der Waals surface area contributed by atoms with E-state index in [1.165, 1.54) is 12.1 Å². The average Bonchev–Trinajstić information content (AvgIpc) is 3.30. The summed E-state index contributed by atoms with van der Waals surface area (Å²) in [6, 6.07) is 10.2. The van der Waals surface area contributed by atoms with Crippen molar-refractivity contribution in [2.45, 2.75) is 6.42 Å². The lowest BCUT2D eigenvalue weighted by molar-refractivity contribution is 0.367. The van der Waals surface area contributed by atoms with Gasteiger partial charge in [0.25, 0.3) is 0 Å². The van der Waals surface area contributed by atoms with Gasteiger partial charge in [-0.2, -0.15) is 0 Å². The zero-order chi connectivity index (χ0) is 20.8. The van der Waals surface area contributed by atoms with Crippen LogP contribution in [0.15, 0.2) is 47.7 Å². The van der Waals surface area contributed by atoms with Crippen molar-refractivity contribution >= 4 is 41.6 Å². The SMILES string of the molecule is CN=C(NCC1CCN(c2cccc(OC)c2)C1)N1CCN(c2ncccn2)CC1.I. The average molecular weight is 537 g/mol. The Hall–Kier alpha value is -2.30. The van der Waals surface area contributed by atoms with Crippen LogP contribution in [0.5, 0.6) is 5.75 Å². The minimum Gasteiger partial charge on any atom is -0.497 e. The molecule has 1 aromatic heterocycles. The van der Waals surface area contributed by atoms with Crippen LogP contribution in [-0.4, -0.2) is 80.8 Å². The minimum atomic E-state index is 0. The molecule has 2 aliphatic heterocycles. The molecule has 8 nitrogen and oxygen atoms in total. The maximum absolute atomic E-state index is 5.37. The van der Waals surface area contributed by atoms with Gasteiger partial charge in [0.1, 0.15) is 5.75 Å². The fourth-order valence-electron chi connectivity index (χ4n) is 4.18. The molecule has 0 radical (unpaired) electrons. The van der Waals surface area contributed by atoms with Gasteiger partial charge in [0.2, 0.25) is 5.95 Å². The standard InChI is InChI=1S/C22H31N7O.HI/c1-23-21(27-11-13-28(14-12-27)22-24-8-4-9-25-22)26-16-18-7-10-29(17-18)19-5-3-6-20(15-19)30-2;/h3-6,8-9,15,18H,7,10-14,16-17H2,1-2H3,(H,23,26);1H. The van der Waals surface area contributed by atoms with Gasteiger partial charge in [0, 0.05) is 77.0 Å². The quantitative estimate of drug-likeness (QED) is 0.357. The Morgan fingerprint density at radius 3 is 2.58 bits per heavy atom. The molecular formula is C22H32IN7O. The summed E-state index contributed by atoms with van der Waals surface area (Å²) >= 11 is 0. The number of hydrogen-bond donors (Lipinski definition) is 1. The smallest absolute Gasteiger partial charge is 0.225 e. The Labute approximate surface area is 201 Å². The zero-order valence-corrected chi connectivity index (χ0v) is 20.6. The van der Waals surface area contributed by atoms with E-state index in [0.29, 0.717) is 5.92 Å². The summed E-state index contributed by atoms with van der Waals surface area (Å²) in [7, 11) is 3.58. The van der Waals surface area contributed by atoms with E-state index in [-0.39, 0.29) is 24.0 Å². The highest BCUT2D eigenvalue weighted by Gasteiger charge is 2.25. The van der Waals surface area contributed by atoms with E-state index < -0.39 is 0 Å². The summed E-state index contributed by atoms with van der Waals surface area (Å²) in [6.45, 7) is 6.70. The van der Waals surface area contributed by atoms with Gasteiger partial charge in [-0.3, -0.25) is 4.99 Å². The monoisotopic (exact) mass is 537 g/mol. The molecule has 1 aromatic carbocycles. The van der Waals surface area contributed by atoms with Gasteiger partial charge in [-0.05, 0) is 30.5 Å². The molecule has 0 aliphatic carbocycles. The highest BCUT2D eigenvalue weighted by molar-refractivity contribution is 14.0. The number of ether oxygens (including phenoxy) is 1. The Morgan fingerprint density at radius 1 is 1.10 bits per heavy atom. The van der Waals surface area contributed by atoms with Crippen LogP contribution in [0.2, 0.25) is 0 Å². The van der Waals surface area contributed by atoms with E-state index in [1.54, 1.807) is 19.5 Å². The second kappa shape index (κ2) is 11.4. The Bertz CT molecular complexity index is 843. The number of benzene rings is 1. The second-order valence-corrected chi connectivity index (χ2v) is 7.75. The number of methoxy groups -OCH3 is 1. The van der Waals surface area contributed by atoms with Crippen LogP contribution < -0.4 is 19.9 Å². The van der Waals surface area contributed by atoms with Crippen molar-refractivity contribution in [3.05, 3.63) is 42.7 Å². The molecule has 2 saturated heterocycles. The molecule has 0 amide bonds. The molecule has 3 heterocycles. The Kier molecular flexibility index (Phi) is 8.56. The third kappa shape index (κ3) is 5.90. The van der Waals surface area contributed by atoms with Crippen LogP contribution in [0.25, 0.3) is 0 Å². The molecule has 0 spiro atoms. The van der Waals surface area contributed by atoms with E-state index >= 15 is 0 Å². The molecule has 1 N–H and O–H groups in total. The lowest BCUT2D eigenvalue weighted by Crippen LogP contribution is -2.53. The molecule has 0 bridgehead atoms.